The zero-order chi connectivity index (χ0) is 58.4. The predicted molar refractivity (Wildman–Crippen MR) is 342 cm³/mol. The van der Waals surface area contributed by atoms with Crippen molar-refractivity contribution in [3.63, 3.8) is 0 Å². The first-order valence-electron chi connectivity index (χ1n) is 33.6. The summed E-state index contributed by atoms with van der Waals surface area (Å²) >= 11 is 0. The third-order valence-corrected chi connectivity index (χ3v) is 15.7. The van der Waals surface area contributed by atoms with Gasteiger partial charge in [-0.3, -0.25) is 14.2 Å². The number of carbonyl (C=O) groups is 2. The molecule has 466 valence electrons. The number of rotatable bonds is 62. The lowest BCUT2D eigenvalue weighted by atomic mass is 10.0. The molecule has 0 heterocycles. The molecular weight excluding hydrogens is 1010 g/mol. The van der Waals surface area contributed by atoms with Gasteiger partial charge < -0.3 is 27.9 Å². The minimum atomic E-state index is -4.64. The highest BCUT2D eigenvalue weighted by Gasteiger charge is 2.22. The Morgan fingerprint density at radius 1 is 0.400 bits per heavy atom. The molecule has 2 unspecified atom stereocenters. The van der Waals surface area contributed by atoms with Gasteiger partial charge in [0.1, 0.15) is 19.8 Å². The van der Waals surface area contributed by atoms with Gasteiger partial charge in [0, 0.05) is 12.8 Å². The summed E-state index contributed by atoms with van der Waals surface area (Å²) in [5, 5.41) is 0. The summed E-state index contributed by atoms with van der Waals surface area (Å²) in [6.45, 7) is 4.17. The van der Waals surface area contributed by atoms with Crippen molar-refractivity contribution in [3.05, 3.63) is 72.9 Å². The van der Waals surface area contributed by atoms with Crippen LogP contribution < -0.4 is 4.89 Å². The number of likely N-dealkylation sites (N-methyl/N-ethyl adjacent to an activating group) is 1. The minimum Gasteiger partial charge on any atom is -0.756 e. The Kier molecular flexibility index (Phi) is 59.1. The third-order valence-electron chi connectivity index (χ3n) is 14.7. The molecule has 0 aromatic heterocycles. The van der Waals surface area contributed by atoms with E-state index in [1.807, 2.05) is 21.1 Å². The van der Waals surface area contributed by atoms with Gasteiger partial charge in [0.2, 0.25) is 0 Å². The van der Waals surface area contributed by atoms with Crippen LogP contribution >= 0.6 is 7.82 Å². The van der Waals surface area contributed by atoms with Gasteiger partial charge in [-0.15, -0.1) is 0 Å². The maximum absolute atomic E-state index is 12.9. The smallest absolute Gasteiger partial charge is 0.306 e. The summed E-state index contributed by atoms with van der Waals surface area (Å²) < 4.78 is 34.3. The first kappa shape index (κ1) is 77.5. The molecule has 0 fully saturated rings. The molecule has 0 spiro atoms. The van der Waals surface area contributed by atoms with Gasteiger partial charge in [-0.1, -0.05) is 286 Å². The van der Waals surface area contributed by atoms with E-state index in [-0.39, 0.29) is 32.0 Å². The molecule has 0 aliphatic heterocycles. The summed E-state index contributed by atoms with van der Waals surface area (Å²) in [5.41, 5.74) is 0. The zero-order valence-electron chi connectivity index (χ0n) is 53.0. The van der Waals surface area contributed by atoms with Gasteiger partial charge in [-0.2, -0.15) is 0 Å². The maximum Gasteiger partial charge on any atom is 0.306 e. The molecule has 0 aromatic carbocycles. The number of hydrogen-bond acceptors (Lipinski definition) is 8. The normalized spacial score (nSPS) is 13.6. The number of ether oxygens (including phenoxy) is 2. The van der Waals surface area contributed by atoms with Crippen LogP contribution in [-0.2, 0) is 32.7 Å². The van der Waals surface area contributed by atoms with Gasteiger partial charge in [-0.05, 0) is 83.5 Å². The quantitative estimate of drug-likeness (QED) is 0.0195. The molecule has 80 heavy (non-hydrogen) atoms. The molecule has 2 atom stereocenters. The molecule has 10 heteroatoms. The van der Waals surface area contributed by atoms with Crippen LogP contribution in [0.1, 0.15) is 309 Å². The van der Waals surface area contributed by atoms with E-state index >= 15 is 0 Å². The Bertz CT molecular complexity index is 1580. The summed E-state index contributed by atoms with van der Waals surface area (Å²) in [5.74, 6) is -0.824. The van der Waals surface area contributed by atoms with Crippen LogP contribution in [0.15, 0.2) is 72.9 Å². The van der Waals surface area contributed by atoms with Crippen molar-refractivity contribution >= 4 is 19.8 Å². The molecule has 0 aromatic rings. The number of phosphoric acid groups is 1. The molecular formula is C70H128NO8P. The average molecular weight is 1140 g/mol. The van der Waals surface area contributed by atoms with Gasteiger partial charge in [0.25, 0.3) is 7.82 Å². The van der Waals surface area contributed by atoms with Crippen LogP contribution in [0.2, 0.25) is 0 Å². The molecule has 0 rings (SSSR count). The van der Waals surface area contributed by atoms with Crippen LogP contribution in [0.5, 0.6) is 0 Å². The minimum absolute atomic E-state index is 0.0318. The lowest BCUT2D eigenvalue weighted by molar-refractivity contribution is -0.870. The average Bonchev–Trinajstić information content (AvgIpc) is 3.42. The first-order valence-corrected chi connectivity index (χ1v) is 35.1. The number of carbonyl (C=O) groups excluding carboxylic acids is 2. The highest BCUT2D eigenvalue weighted by Crippen LogP contribution is 2.38. The number of esters is 2. The summed E-state index contributed by atoms with van der Waals surface area (Å²) in [6.07, 6.45) is 81.1. The molecule has 0 bridgehead atoms. The highest BCUT2D eigenvalue weighted by molar-refractivity contribution is 7.45. The number of quaternary nitrogens is 1. The Morgan fingerprint density at radius 2 is 0.713 bits per heavy atom. The van der Waals surface area contributed by atoms with E-state index in [4.69, 9.17) is 18.5 Å². The van der Waals surface area contributed by atoms with Crippen molar-refractivity contribution in [1.82, 2.24) is 0 Å². The SMILES string of the molecule is CC/C=C\C/C=C\C/C=C\C/C=C\C/C=C\CCCCCCCCCCCCCCCC(=O)OC(COC(=O)CCCCCCCCCCCCCCCCC/C=C\CCCCCCCCCC)COP(=O)([O-])OCC[N+](C)(C)C. The molecule has 9 nitrogen and oxygen atoms in total. The second kappa shape index (κ2) is 61.0. The van der Waals surface area contributed by atoms with Crippen LogP contribution in [0.25, 0.3) is 0 Å². The molecule has 0 aliphatic rings. The van der Waals surface area contributed by atoms with Gasteiger partial charge in [-0.25, -0.2) is 0 Å². The van der Waals surface area contributed by atoms with E-state index in [0.717, 1.165) is 70.6 Å². The lowest BCUT2D eigenvalue weighted by Crippen LogP contribution is -2.37. The van der Waals surface area contributed by atoms with Crippen molar-refractivity contribution in [2.45, 2.75) is 315 Å². The second-order valence-corrected chi connectivity index (χ2v) is 25.2. The van der Waals surface area contributed by atoms with Crippen molar-refractivity contribution in [2.24, 2.45) is 0 Å². The fraction of sp³-hybridized carbons (Fsp3) is 0.800. The summed E-state index contributed by atoms with van der Waals surface area (Å²) in [6, 6.07) is 0. The Hall–Kier alpha value is -2.55. The number of phosphoric ester groups is 1. The monoisotopic (exact) mass is 1140 g/mol. The number of nitrogens with zero attached hydrogens (tertiary/aromatic N) is 1. The Morgan fingerprint density at radius 3 is 1.07 bits per heavy atom. The number of allylic oxidation sites excluding steroid dienone is 12. The predicted octanol–water partition coefficient (Wildman–Crippen LogP) is 21.0. The Labute approximate surface area is 495 Å². The maximum atomic E-state index is 12.9. The van der Waals surface area contributed by atoms with E-state index in [1.54, 1.807) is 0 Å². The topological polar surface area (TPSA) is 111 Å². The lowest BCUT2D eigenvalue weighted by Gasteiger charge is -2.28. The van der Waals surface area contributed by atoms with Crippen LogP contribution in [-0.4, -0.2) is 70.0 Å². The molecule has 0 N–H and O–H groups in total. The molecule has 0 saturated heterocycles. The summed E-state index contributed by atoms with van der Waals surface area (Å²) in [7, 11) is 1.17. The van der Waals surface area contributed by atoms with Gasteiger partial charge >= 0.3 is 11.9 Å². The van der Waals surface area contributed by atoms with E-state index in [1.165, 1.54) is 205 Å². The molecule has 0 aliphatic carbocycles. The Balaban J connectivity index is 4.06. The van der Waals surface area contributed by atoms with Crippen molar-refractivity contribution in [2.75, 3.05) is 47.5 Å². The number of unbranched alkanes of at least 4 members (excludes halogenated alkanes) is 36. The van der Waals surface area contributed by atoms with E-state index in [9.17, 15) is 19.0 Å². The molecule has 0 radical (unpaired) electrons. The van der Waals surface area contributed by atoms with E-state index in [2.05, 4.69) is 86.8 Å². The molecule has 0 saturated carbocycles. The van der Waals surface area contributed by atoms with Crippen molar-refractivity contribution in [3.8, 4) is 0 Å². The third kappa shape index (κ3) is 64.6. The van der Waals surface area contributed by atoms with Gasteiger partial charge in [0.15, 0.2) is 6.10 Å². The van der Waals surface area contributed by atoms with E-state index < -0.39 is 26.5 Å². The number of hydrogen-bond donors (Lipinski definition) is 0. The largest absolute Gasteiger partial charge is 0.756 e. The molecule has 0 amide bonds. The van der Waals surface area contributed by atoms with Crippen molar-refractivity contribution < 1.29 is 42.1 Å². The van der Waals surface area contributed by atoms with Crippen molar-refractivity contribution in [1.29, 1.82) is 0 Å². The van der Waals surface area contributed by atoms with Crippen LogP contribution in [0.3, 0.4) is 0 Å². The summed E-state index contributed by atoms with van der Waals surface area (Å²) in [4.78, 5) is 38.0. The first-order chi connectivity index (χ1) is 39.0. The van der Waals surface area contributed by atoms with Crippen LogP contribution in [0, 0.1) is 0 Å². The zero-order valence-corrected chi connectivity index (χ0v) is 53.9. The highest BCUT2D eigenvalue weighted by atomic mass is 31.2. The van der Waals surface area contributed by atoms with E-state index in [0.29, 0.717) is 17.4 Å². The fourth-order valence-corrected chi connectivity index (χ4v) is 10.3. The second-order valence-electron chi connectivity index (χ2n) is 23.8. The van der Waals surface area contributed by atoms with Gasteiger partial charge in [0.05, 0.1) is 27.7 Å². The standard InChI is InChI=1S/C70H128NO8P/c1-6-8-10-12-14-16-18-20-22-24-26-28-30-32-34-35-37-39-41-43-45-47-49-51-53-55-57-59-61-63-70(73)79-68(67-78-80(74,75)77-65-64-71(3,4)5)66-76-69(72)62-60-58-56-54-52-50-48-46-44-42-40-38-36-33-31-29-27-25-23-21-19-17-15-13-11-9-7-2/h8,10,14,16,20,22,25-28,32,34,68H,6-7,9,11-13,15,17-19,21,23-24,29-31,33,35-67H2,1-5H3/b10-8-,16-14-,22-20-,27-25-,28-26-,34-32-. The fourth-order valence-electron chi connectivity index (χ4n) is 9.56. The van der Waals surface area contributed by atoms with Crippen LogP contribution in [0.4, 0.5) is 0 Å².